The van der Waals surface area contributed by atoms with Crippen LogP contribution in [0.3, 0.4) is 0 Å². The summed E-state index contributed by atoms with van der Waals surface area (Å²) in [5.74, 6) is -0.492. The molecule has 214 valence electrons. The van der Waals surface area contributed by atoms with Gasteiger partial charge >= 0.3 is 12.0 Å². The molecule has 1 aromatic heterocycles. The van der Waals surface area contributed by atoms with Crippen LogP contribution in [-0.2, 0) is 32.2 Å². The van der Waals surface area contributed by atoms with Gasteiger partial charge in [-0.2, -0.15) is 0 Å². The molecule has 2 amide bonds. The van der Waals surface area contributed by atoms with Crippen molar-refractivity contribution in [1.82, 2.24) is 14.9 Å². The van der Waals surface area contributed by atoms with Gasteiger partial charge in [0.2, 0.25) is 0 Å². The number of amides is 2. The molecule has 3 N–H and O–H groups in total. The second kappa shape index (κ2) is 12.9. The van der Waals surface area contributed by atoms with E-state index in [0.717, 1.165) is 27.7 Å². The van der Waals surface area contributed by atoms with Crippen molar-refractivity contribution in [2.24, 2.45) is 5.92 Å². The molecule has 1 saturated heterocycles. The Labute approximate surface area is 238 Å². The van der Waals surface area contributed by atoms with Crippen molar-refractivity contribution in [3.63, 3.8) is 0 Å². The molecule has 0 saturated carbocycles. The largest absolute Gasteiger partial charge is 0.465 e. The lowest BCUT2D eigenvalue weighted by atomic mass is 9.90. The third-order valence-corrected chi connectivity index (χ3v) is 7.17. The SMILES string of the molecule is CCOC(=O)CNC(=O)Nc1ccc([C@H]2O[C@@H](Cn3cnc4ccccc43)[C@@H](C)[C@@H](c3ccc(CO)cc3)O2)cc1. The van der Waals surface area contributed by atoms with Crippen LogP contribution < -0.4 is 10.6 Å². The number of aliphatic hydroxyl groups excluding tert-OH is 1. The number of anilines is 1. The number of benzene rings is 3. The number of para-hydroxylation sites is 2. The summed E-state index contributed by atoms with van der Waals surface area (Å²) >= 11 is 0. The van der Waals surface area contributed by atoms with Gasteiger partial charge in [-0.25, -0.2) is 9.78 Å². The summed E-state index contributed by atoms with van der Waals surface area (Å²) in [7, 11) is 0. The van der Waals surface area contributed by atoms with Crippen LogP contribution in [0.15, 0.2) is 79.1 Å². The van der Waals surface area contributed by atoms with Gasteiger partial charge in [-0.05, 0) is 42.3 Å². The van der Waals surface area contributed by atoms with E-state index < -0.39 is 18.3 Å². The van der Waals surface area contributed by atoms with Crippen molar-refractivity contribution < 1.29 is 28.9 Å². The molecule has 10 heteroatoms. The molecule has 41 heavy (non-hydrogen) atoms. The molecule has 2 heterocycles. The fourth-order valence-electron chi connectivity index (χ4n) is 4.94. The maximum absolute atomic E-state index is 12.2. The third kappa shape index (κ3) is 6.74. The minimum atomic E-state index is -0.653. The van der Waals surface area contributed by atoms with Crippen molar-refractivity contribution in [1.29, 1.82) is 0 Å². The highest BCUT2D eigenvalue weighted by molar-refractivity contribution is 5.91. The number of hydrogen-bond acceptors (Lipinski definition) is 7. The zero-order valence-corrected chi connectivity index (χ0v) is 23.0. The van der Waals surface area contributed by atoms with E-state index in [2.05, 4.69) is 27.1 Å². The number of nitrogens with zero attached hydrogens (tertiary/aromatic N) is 2. The van der Waals surface area contributed by atoms with Crippen LogP contribution in [0.2, 0.25) is 0 Å². The van der Waals surface area contributed by atoms with Crippen molar-refractivity contribution in [3.8, 4) is 0 Å². The van der Waals surface area contributed by atoms with Gasteiger partial charge in [0.05, 0.1) is 49.3 Å². The number of aliphatic hydroxyl groups is 1. The Morgan fingerprint density at radius 2 is 1.73 bits per heavy atom. The molecular weight excluding hydrogens is 524 g/mol. The lowest BCUT2D eigenvalue weighted by Gasteiger charge is -2.41. The molecule has 1 aliphatic heterocycles. The van der Waals surface area contributed by atoms with E-state index in [-0.39, 0.29) is 37.9 Å². The van der Waals surface area contributed by atoms with Crippen LogP contribution in [0.25, 0.3) is 11.0 Å². The molecule has 4 atom stereocenters. The zero-order chi connectivity index (χ0) is 28.8. The summed E-state index contributed by atoms with van der Waals surface area (Å²) in [5.41, 5.74) is 5.14. The highest BCUT2D eigenvalue weighted by atomic mass is 16.7. The first-order valence-corrected chi connectivity index (χ1v) is 13.7. The van der Waals surface area contributed by atoms with E-state index >= 15 is 0 Å². The topological polar surface area (TPSA) is 124 Å². The van der Waals surface area contributed by atoms with E-state index in [1.807, 2.05) is 67.0 Å². The predicted octanol–water partition coefficient (Wildman–Crippen LogP) is 4.70. The van der Waals surface area contributed by atoms with E-state index in [4.69, 9.17) is 14.2 Å². The van der Waals surface area contributed by atoms with Gasteiger partial charge < -0.3 is 34.5 Å². The molecular formula is C31H34N4O6. The molecule has 3 aromatic carbocycles. The number of urea groups is 1. The van der Waals surface area contributed by atoms with E-state index in [9.17, 15) is 14.7 Å². The second-order valence-electron chi connectivity index (χ2n) is 9.94. The molecule has 0 spiro atoms. The van der Waals surface area contributed by atoms with Gasteiger partial charge in [-0.1, -0.05) is 55.5 Å². The zero-order valence-electron chi connectivity index (χ0n) is 23.0. The Bertz CT molecular complexity index is 1470. The number of aromatic nitrogens is 2. The van der Waals surface area contributed by atoms with Gasteiger partial charge in [-0.3, -0.25) is 4.79 Å². The molecule has 1 fully saturated rings. The number of ether oxygens (including phenoxy) is 3. The van der Waals surface area contributed by atoms with E-state index in [1.54, 1.807) is 19.1 Å². The number of hydrogen-bond donors (Lipinski definition) is 3. The molecule has 10 nitrogen and oxygen atoms in total. The molecule has 4 aromatic rings. The number of carbonyl (C=O) groups is 2. The van der Waals surface area contributed by atoms with Crippen LogP contribution in [0.5, 0.6) is 0 Å². The lowest BCUT2D eigenvalue weighted by molar-refractivity contribution is -0.276. The first-order chi connectivity index (χ1) is 19.9. The maximum Gasteiger partial charge on any atom is 0.325 e. The fourth-order valence-corrected chi connectivity index (χ4v) is 4.94. The third-order valence-electron chi connectivity index (χ3n) is 7.17. The Hall–Kier alpha value is -4.25. The first-order valence-electron chi connectivity index (χ1n) is 13.7. The second-order valence-corrected chi connectivity index (χ2v) is 9.94. The Kier molecular flexibility index (Phi) is 8.93. The van der Waals surface area contributed by atoms with Crippen LogP contribution in [0, 0.1) is 5.92 Å². The van der Waals surface area contributed by atoms with Crippen molar-refractivity contribution in [2.75, 3.05) is 18.5 Å². The summed E-state index contributed by atoms with van der Waals surface area (Å²) < 4.78 is 20.0. The first kappa shape index (κ1) is 28.3. The summed E-state index contributed by atoms with van der Waals surface area (Å²) in [6.45, 7) is 4.43. The average molecular weight is 559 g/mol. The highest BCUT2D eigenvalue weighted by Crippen LogP contribution is 2.42. The monoisotopic (exact) mass is 558 g/mol. The van der Waals surface area contributed by atoms with Crippen molar-refractivity contribution in [2.45, 2.75) is 45.5 Å². The van der Waals surface area contributed by atoms with Gasteiger partial charge in [-0.15, -0.1) is 0 Å². The number of imidazole rings is 1. The van der Waals surface area contributed by atoms with Crippen molar-refractivity contribution >= 4 is 28.7 Å². The van der Waals surface area contributed by atoms with Crippen LogP contribution in [-0.4, -0.2) is 45.9 Å². The maximum atomic E-state index is 12.2. The van der Waals surface area contributed by atoms with Gasteiger partial charge in [0.25, 0.3) is 0 Å². The summed E-state index contributed by atoms with van der Waals surface area (Å²) in [5, 5.41) is 14.7. The quantitative estimate of drug-likeness (QED) is 0.254. The van der Waals surface area contributed by atoms with Gasteiger partial charge in [0.1, 0.15) is 6.54 Å². The Morgan fingerprint density at radius 3 is 2.46 bits per heavy atom. The summed E-state index contributed by atoms with van der Waals surface area (Å²) in [6, 6.07) is 22.5. The average Bonchev–Trinajstić information content (AvgIpc) is 3.40. The Balaban J connectivity index is 1.34. The fraction of sp³-hybridized carbons (Fsp3) is 0.323. The molecule has 0 bridgehead atoms. The van der Waals surface area contributed by atoms with Gasteiger partial charge in [0.15, 0.2) is 6.29 Å². The van der Waals surface area contributed by atoms with Crippen LogP contribution in [0.1, 0.15) is 42.9 Å². The van der Waals surface area contributed by atoms with Crippen molar-refractivity contribution in [3.05, 3.63) is 95.8 Å². The standard InChI is InChI=1S/C31H34N4O6/c1-3-39-28(37)16-32-31(38)34-24-14-12-23(13-15-24)30-40-27(17-35-19-33-25-6-4-5-7-26(25)35)20(2)29(41-30)22-10-8-21(18-36)9-11-22/h4-15,19-20,27,29-30,36H,3,16-18H2,1-2H3,(H2,32,34,38)/t20-,27+,29+,30+/m1/s1. The number of carbonyl (C=O) groups excluding carboxylic acids is 2. The predicted molar refractivity (Wildman–Crippen MR) is 153 cm³/mol. The van der Waals surface area contributed by atoms with E-state index in [0.29, 0.717) is 12.2 Å². The minimum Gasteiger partial charge on any atom is -0.465 e. The number of rotatable bonds is 9. The smallest absolute Gasteiger partial charge is 0.325 e. The number of fused-ring (bicyclic) bond motifs is 1. The normalized spacial score (nSPS) is 20.5. The van der Waals surface area contributed by atoms with E-state index in [1.165, 1.54) is 0 Å². The molecule has 0 unspecified atom stereocenters. The Morgan fingerprint density at radius 1 is 1.00 bits per heavy atom. The summed E-state index contributed by atoms with van der Waals surface area (Å²) in [6.07, 6.45) is 0.734. The van der Waals surface area contributed by atoms with Crippen LogP contribution in [0.4, 0.5) is 10.5 Å². The lowest BCUT2D eigenvalue weighted by Crippen LogP contribution is -2.39. The minimum absolute atomic E-state index is 0.0106. The van der Waals surface area contributed by atoms with Crippen LogP contribution >= 0.6 is 0 Å². The molecule has 0 aliphatic carbocycles. The molecule has 0 radical (unpaired) electrons. The molecule has 5 rings (SSSR count). The summed E-state index contributed by atoms with van der Waals surface area (Å²) in [4.78, 5) is 28.2. The highest BCUT2D eigenvalue weighted by Gasteiger charge is 2.38. The number of esters is 1. The van der Waals surface area contributed by atoms with Gasteiger partial charge in [0, 0.05) is 17.2 Å². The number of nitrogens with one attached hydrogen (secondary N) is 2. The molecule has 1 aliphatic rings.